The van der Waals surface area contributed by atoms with Gasteiger partial charge in [-0.2, -0.15) is 0 Å². The predicted molar refractivity (Wildman–Crippen MR) is 60.1 cm³/mol. The van der Waals surface area contributed by atoms with Crippen molar-refractivity contribution in [3.63, 3.8) is 0 Å². The number of non-ortho nitro benzene ring substituents is 1. The maximum atomic E-state index is 11.1. The first-order valence-corrected chi connectivity index (χ1v) is 4.99. The van der Waals surface area contributed by atoms with E-state index in [1.165, 1.54) is 24.3 Å². The summed E-state index contributed by atoms with van der Waals surface area (Å²) in [6.07, 6.45) is -0.316. The first-order valence-electron chi connectivity index (χ1n) is 4.99. The molecule has 1 unspecified atom stereocenters. The Bertz CT molecular complexity index is 467. The largest absolute Gasteiger partial charge is 0.481 e. The highest BCUT2D eigenvalue weighted by Crippen LogP contribution is 2.23. The van der Waals surface area contributed by atoms with E-state index in [4.69, 9.17) is 5.11 Å². The number of methoxy groups -OCH3 is 1. The number of carbonyl (C=O) groups is 2. The summed E-state index contributed by atoms with van der Waals surface area (Å²) in [4.78, 5) is 32.0. The number of nitro groups is 1. The standard InChI is InChI=1S/C11H11NO6/c1-18-10(13)6-9(11(14)15)7-2-4-8(5-3-7)12(16)17/h2-5,9H,6H2,1H3,(H,14,15). The molecule has 0 amide bonds. The quantitative estimate of drug-likeness (QED) is 0.482. The van der Waals surface area contributed by atoms with Gasteiger partial charge < -0.3 is 9.84 Å². The van der Waals surface area contributed by atoms with E-state index >= 15 is 0 Å². The van der Waals surface area contributed by atoms with Gasteiger partial charge in [0.05, 0.1) is 24.4 Å². The van der Waals surface area contributed by atoms with E-state index in [1.54, 1.807) is 0 Å². The molecule has 0 saturated heterocycles. The van der Waals surface area contributed by atoms with Gasteiger partial charge in [-0.1, -0.05) is 12.1 Å². The Hall–Kier alpha value is -2.44. The van der Waals surface area contributed by atoms with E-state index in [-0.39, 0.29) is 12.1 Å². The van der Waals surface area contributed by atoms with Crippen LogP contribution in [0, 0.1) is 10.1 Å². The summed E-state index contributed by atoms with van der Waals surface area (Å²) in [5.74, 6) is -2.91. The molecule has 0 spiro atoms. The minimum atomic E-state index is -1.19. The highest BCUT2D eigenvalue weighted by atomic mass is 16.6. The monoisotopic (exact) mass is 253 g/mol. The van der Waals surface area contributed by atoms with Crippen LogP contribution in [0.2, 0.25) is 0 Å². The lowest BCUT2D eigenvalue weighted by molar-refractivity contribution is -0.384. The van der Waals surface area contributed by atoms with Gasteiger partial charge in [0.25, 0.3) is 5.69 Å². The molecule has 0 heterocycles. The lowest BCUT2D eigenvalue weighted by Crippen LogP contribution is -2.17. The Morgan fingerprint density at radius 3 is 2.33 bits per heavy atom. The molecule has 0 fully saturated rings. The molecule has 0 aliphatic heterocycles. The molecule has 0 aliphatic carbocycles. The average molecular weight is 253 g/mol. The molecule has 0 aliphatic rings. The van der Waals surface area contributed by atoms with Crippen LogP contribution in [0.25, 0.3) is 0 Å². The molecule has 1 atom stereocenters. The van der Waals surface area contributed by atoms with Crippen LogP contribution < -0.4 is 0 Å². The third-order valence-electron chi connectivity index (χ3n) is 2.40. The summed E-state index contributed by atoms with van der Waals surface area (Å²) >= 11 is 0. The van der Waals surface area contributed by atoms with E-state index < -0.39 is 22.8 Å². The maximum absolute atomic E-state index is 11.1. The fraction of sp³-hybridized carbons (Fsp3) is 0.273. The van der Waals surface area contributed by atoms with Crippen LogP contribution in [0.1, 0.15) is 17.9 Å². The van der Waals surface area contributed by atoms with Gasteiger partial charge in [0, 0.05) is 12.1 Å². The second-order valence-electron chi connectivity index (χ2n) is 3.52. The molecule has 96 valence electrons. The third kappa shape index (κ3) is 3.27. The number of nitrogens with zero attached hydrogens (tertiary/aromatic N) is 1. The van der Waals surface area contributed by atoms with E-state index in [2.05, 4.69) is 4.74 Å². The zero-order valence-electron chi connectivity index (χ0n) is 9.53. The molecular weight excluding hydrogens is 242 g/mol. The average Bonchev–Trinajstić information content (AvgIpc) is 2.35. The maximum Gasteiger partial charge on any atom is 0.311 e. The lowest BCUT2D eigenvalue weighted by Gasteiger charge is -2.10. The molecule has 0 bridgehead atoms. The van der Waals surface area contributed by atoms with Gasteiger partial charge in [-0.3, -0.25) is 19.7 Å². The Morgan fingerprint density at radius 1 is 1.39 bits per heavy atom. The SMILES string of the molecule is COC(=O)CC(C(=O)O)c1ccc([N+](=O)[O-])cc1. The number of esters is 1. The zero-order valence-corrected chi connectivity index (χ0v) is 9.53. The summed E-state index contributed by atoms with van der Waals surface area (Å²) in [7, 11) is 1.16. The van der Waals surface area contributed by atoms with E-state index in [1.807, 2.05) is 0 Å². The van der Waals surface area contributed by atoms with Gasteiger partial charge in [-0.15, -0.1) is 0 Å². The molecule has 1 aromatic carbocycles. The lowest BCUT2D eigenvalue weighted by atomic mass is 9.96. The Kier molecular flexibility index (Phi) is 4.36. The Morgan fingerprint density at radius 2 is 1.94 bits per heavy atom. The van der Waals surface area contributed by atoms with Crippen molar-refractivity contribution in [3.8, 4) is 0 Å². The van der Waals surface area contributed by atoms with Crippen LogP contribution in [0.3, 0.4) is 0 Å². The van der Waals surface area contributed by atoms with Crippen molar-refractivity contribution in [2.75, 3.05) is 7.11 Å². The number of ether oxygens (including phenoxy) is 1. The van der Waals surface area contributed by atoms with Crippen molar-refractivity contribution >= 4 is 17.6 Å². The van der Waals surface area contributed by atoms with Gasteiger partial charge in [-0.25, -0.2) is 0 Å². The van der Waals surface area contributed by atoms with Crippen molar-refractivity contribution in [1.82, 2.24) is 0 Å². The second kappa shape index (κ2) is 5.76. The summed E-state index contributed by atoms with van der Waals surface area (Å²) in [6, 6.07) is 5.03. The van der Waals surface area contributed by atoms with Crippen LogP contribution in [0.5, 0.6) is 0 Å². The van der Waals surface area contributed by atoms with Crippen molar-refractivity contribution in [3.05, 3.63) is 39.9 Å². The van der Waals surface area contributed by atoms with Crippen LogP contribution in [0.15, 0.2) is 24.3 Å². The summed E-state index contributed by atoms with van der Waals surface area (Å²) < 4.78 is 4.40. The number of hydrogen-bond acceptors (Lipinski definition) is 5. The number of nitro benzene ring substituents is 1. The second-order valence-corrected chi connectivity index (χ2v) is 3.52. The molecule has 1 aromatic rings. The molecule has 1 rings (SSSR count). The molecule has 18 heavy (non-hydrogen) atoms. The first-order chi connectivity index (χ1) is 8.45. The minimum absolute atomic E-state index is 0.138. The van der Waals surface area contributed by atoms with E-state index in [0.29, 0.717) is 5.56 Å². The van der Waals surface area contributed by atoms with Crippen LogP contribution in [-0.2, 0) is 14.3 Å². The number of carboxylic acid groups (broad SMARTS) is 1. The highest BCUT2D eigenvalue weighted by molar-refractivity contribution is 5.83. The van der Waals surface area contributed by atoms with Gasteiger partial charge >= 0.3 is 11.9 Å². The Labute approximate surface area is 102 Å². The normalized spacial score (nSPS) is 11.6. The zero-order chi connectivity index (χ0) is 13.7. The van der Waals surface area contributed by atoms with Crippen molar-refractivity contribution < 1.29 is 24.4 Å². The molecule has 7 heteroatoms. The summed E-state index contributed by atoms with van der Waals surface area (Å²) in [6.45, 7) is 0. The molecule has 1 N–H and O–H groups in total. The number of hydrogen-bond donors (Lipinski definition) is 1. The molecule has 7 nitrogen and oxygen atoms in total. The minimum Gasteiger partial charge on any atom is -0.481 e. The van der Waals surface area contributed by atoms with E-state index in [9.17, 15) is 19.7 Å². The summed E-state index contributed by atoms with van der Waals surface area (Å²) in [5.41, 5.74) is 0.180. The molecular formula is C11H11NO6. The van der Waals surface area contributed by atoms with Gasteiger partial charge in [-0.05, 0) is 5.56 Å². The molecule has 0 radical (unpaired) electrons. The number of carboxylic acids is 1. The molecule has 0 saturated carbocycles. The fourth-order valence-electron chi connectivity index (χ4n) is 1.43. The van der Waals surface area contributed by atoms with Gasteiger partial charge in [0.15, 0.2) is 0 Å². The Balaban J connectivity index is 2.96. The number of rotatable bonds is 5. The summed E-state index contributed by atoms with van der Waals surface area (Å²) in [5, 5.41) is 19.5. The van der Waals surface area contributed by atoms with Crippen LogP contribution in [0.4, 0.5) is 5.69 Å². The smallest absolute Gasteiger partial charge is 0.311 e. The number of benzene rings is 1. The van der Waals surface area contributed by atoms with Gasteiger partial charge in [0.1, 0.15) is 0 Å². The van der Waals surface area contributed by atoms with Crippen LogP contribution in [-0.4, -0.2) is 29.1 Å². The topological polar surface area (TPSA) is 107 Å². The van der Waals surface area contributed by atoms with Crippen molar-refractivity contribution in [1.29, 1.82) is 0 Å². The van der Waals surface area contributed by atoms with E-state index in [0.717, 1.165) is 7.11 Å². The highest BCUT2D eigenvalue weighted by Gasteiger charge is 2.24. The predicted octanol–water partition coefficient (Wildman–Crippen LogP) is 1.33. The van der Waals surface area contributed by atoms with Gasteiger partial charge in [0.2, 0.25) is 0 Å². The molecule has 0 aromatic heterocycles. The third-order valence-corrected chi connectivity index (χ3v) is 2.40. The first kappa shape index (κ1) is 13.6. The van der Waals surface area contributed by atoms with Crippen molar-refractivity contribution in [2.24, 2.45) is 0 Å². The number of aliphatic carboxylic acids is 1. The fourth-order valence-corrected chi connectivity index (χ4v) is 1.43. The van der Waals surface area contributed by atoms with Crippen molar-refractivity contribution in [2.45, 2.75) is 12.3 Å². The van der Waals surface area contributed by atoms with Crippen LogP contribution >= 0.6 is 0 Å². The number of carbonyl (C=O) groups excluding carboxylic acids is 1.